The summed E-state index contributed by atoms with van der Waals surface area (Å²) < 4.78 is 4.49. The van der Waals surface area contributed by atoms with Crippen LogP contribution in [0.2, 0.25) is 0 Å². The highest BCUT2D eigenvalue weighted by atomic mass is 14.9. The molecular formula is C26H24N2. The average Bonchev–Trinajstić information content (AvgIpc) is 3.27. The minimum Gasteiger partial charge on any atom is -0.350 e. The van der Waals surface area contributed by atoms with Crippen LogP contribution in [0, 0.1) is 0 Å². The monoisotopic (exact) mass is 364 g/mol. The zero-order valence-electron chi connectivity index (χ0n) is 16.6. The van der Waals surface area contributed by atoms with E-state index in [2.05, 4.69) is 121 Å². The van der Waals surface area contributed by atoms with Gasteiger partial charge in [0.1, 0.15) is 0 Å². The maximum Gasteiger partial charge on any atom is 0.0480 e. The van der Waals surface area contributed by atoms with Gasteiger partial charge in [-0.1, -0.05) is 66.7 Å². The van der Waals surface area contributed by atoms with Gasteiger partial charge in [-0.25, -0.2) is 0 Å². The van der Waals surface area contributed by atoms with Crippen LogP contribution in [-0.2, 0) is 19.5 Å². The molecule has 0 radical (unpaired) electrons. The third kappa shape index (κ3) is 2.27. The lowest BCUT2D eigenvalue weighted by atomic mass is 9.71. The van der Waals surface area contributed by atoms with E-state index in [4.69, 9.17) is 0 Å². The molecule has 0 aliphatic heterocycles. The first kappa shape index (κ1) is 16.9. The van der Waals surface area contributed by atoms with Gasteiger partial charge in [0, 0.05) is 53.7 Å². The second-order valence-electron chi connectivity index (χ2n) is 7.83. The Kier molecular flexibility index (Phi) is 3.70. The van der Waals surface area contributed by atoms with Crippen LogP contribution in [0.3, 0.4) is 0 Å². The quantitative estimate of drug-likeness (QED) is 0.370. The van der Waals surface area contributed by atoms with Crippen molar-refractivity contribution in [1.29, 1.82) is 0 Å². The Labute approximate surface area is 165 Å². The molecule has 0 saturated heterocycles. The van der Waals surface area contributed by atoms with Gasteiger partial charge in [0.15, 0.2) is 0 Å². The van der Waals surface area contributed by atoms with Gasteiger partial charge in [0.25, 0.3) is 0 Å². The molecule has 0 spiro atoms. The first-order valence-electron chi connectivity index (χ1n) is 9.75. The second-order valence-corrected chi connectivity index (χ2v) is 7.83. The first-order valence-corrected chi connectivity index (χ1v) is 9.75. The summed E-state index contributed by atoms with van der Waals surface area (Å²) in [5, 5.41) is 2.62. The van der Waals surface area contributed by atoms with Gasteiger partial charge in [0.05, 0.1) is 0 Å². The molecule has 0 N–H and O–H groups in total. The third-order valence-corrected chi connectivity index (χ3v) is 6.22. The summed E-state index contributed by atoms with van der Waals surface area (Å²) in [5.74, 6) is 0. The van der Waals surface area contributed by atoms with Gasteiger partial charge < -0.3 is 9.13 Å². The SMILES string of the molecule is Cn1cc(C(C)(c2ccccc2)c2cn(C)c3ccccc23)c2ccccc21. The molecular weight excluding hydrogens is 340 g/mol. The molecule has 2 heteroatoms. The number of hydrogen-bond donors (Lipinski definition) is 0. The van der Waals surface area contributed by atoms with E-state index in [9.17, 15) is 0 Å². The minimum absolute atomic E-state index is 0.261. The van der Waals surface area contributed by atoms with Crippen LogP contribution in [0.5, 0.6) is 0 Å². The van der Waals surface area contributed by atoms with Gasteiger partial charge in [-0.05, 0) is 35.7 Å². The highest BCUT2D eigenvalue weighted by Gasteiger charge is 2.36. The molecule has 2 aromatic heterocycles. The molecule has 0 atom stereocenters. The fourth-order valence-corrected chi connectivity index (χ4v) is 4.71. The Morgan fingerprint density at radius 1 is 0.571 bits per heavy atom. The summed E-state index contributed by atoms with van der Waals surface area (Å²) in [6.07, 6.45) is 4.61. The summed E-state index contributed by atoms with van der Waals surface area (Å²) >= 11 is 0. The van der Waals surface area contributed by atoms with Crippen molar-refractivity contribution in [1.82, 2.24) is 9.13 Å². The number of nitrogens with zero attached hydrogens (tertiary/aromatic N) is 2. The molecule has 0 amide bonds. The molecule has 5 rings (SSSR count). The molecule has 3 aromatic carbocycles. The van der Waals surface area contributed by atoms with Crippen molar-refractivity contribution in [3.05, 3.63) is 108 Å². The molecule has 0 fully saturated rings. The Bertz CT molecular complexity index is 1210. The van der Waals surface area contributed by atoms with Crippen LogP contribution < -0.4 is 0 Å². The van der Waals surface area contributed by atoms with Gasteiger partial charge in [-0.3, -0.25) is 0 Å². The molecule has 138 valence electrons. The molecule has 0 aliphatic rings. The Hall–Kier alpha value is -3.26. The standard InChI is InChI=1S/C26H24N2/c1-26(19-11-5-4-6-12-19,22-17-27(2)24-15-9-7-13-20(22)24)23-18-28(3)25-16-10-8-14-21(23)25/h4-18H,1-3H3. The van der Waals surface area contributed by atoms with Gasteiger partial charge in [-0.15, -0.1) is 0 Å². The normalized spacial score (nSPS) is 12.1. The van der Waals surface area contributed by atoms with Crippen molar-refractivity contribution in [2.45, 2.75) is 12.3 Å². The van der Waals surface area contributed by atoms with Crippen LogP contribution in [-0.4, -0.2) is 9.13 Å². The summed E-state index contributed by atoms with van der Waals surface area (Å²) in [6, 6.07) is 28.3. The van der Waals surface area contributed by atoms with Crippen molar-refractivity contribution in [2.75, 3.05) is 0 Å². The predicted octanol–water partition coefficient (Wildman–Crippen LogP) is 6.02. The fourth-order valence-electron chi connectivity index (χ4n) is 4.71. The van der Waals surface area contributed by atoms with E-state index in [0.717, 1.165) is 0 Å². The zero-order chi connectivity index (χ0) is 19.3. The second kappa shape index (κ2) is 6.13. The topological polar surface area (TPSA) is 9.86 Å². The zero-order valence-corrected chi connectivity index (χ0v) is 16.6. The predicted molar refractivity (Wildman–Crippen MR) is 118 cm³/mol. The molecule has 0 aliphatic carbocycles. The number of benzene rings is 3. The molecule has 28 heavy (non-hydrogen) atoms. The molecule has 0 bridgehead atoms. The lowest BCUT2D eigenvalue weighted by Gasteiger charge is -2.30. The summed E-state index contributed by atoms with van der Waals surface area (Å²) in [6.45, 7) is 2.37. The fraction of sp³-hybridized carbons (Fsp3) is 0.154. The van der Waals surface area contributed by atoms with Crippen molar-refractivity contribution in [3.8, 4) is 0 Å². The molecule has 0 unspecified atom stereocenters. The number of aromatic nitrogens is 2. The van der Waals surface area contributed by atoms with E-state index >= 15 is 0 Å². The van der Waals surface area contributed by atoms with E-state index in [1.165, 1.54) is 38.5 Å². The van der Waals surface area contributed by atoms with E-state index < -0.39 is 0 Å². The van der Waals surface area contributed by atoms with Crippen molar-refractivity contribution >= 4 is 21.8 Å². The number of aryl methyl sites for hydroxylation is 2. The van der Waals surface area contributed by atoms with E-state index in [1.54, 1.807) is 0 Å². The highest BCUT2D eigenvalue weighted by molar-refractivity contribution is 5.91. The maximum atomic E-state index is 2.37. The number of rotatable bonds is 3. The number of para-hydroxylation sites is 2. The van der Waals surface area contributed by atoms with Gasteiger partial charge >= 0.3 is 0 Å². The molecule has 2 heterocycles. The largest absolute Gasteiger partial charge is 0.350 e. The summed E-state index contributed by atoms with van der Waals surface area (Å²) in [4.78, 5) is 0. The van der Waals surface area contributed by atoms with Crippen LogP contribution in [0.1, 0.15) is 23.6 Å². The van der Waals surface area contributed by atoms with Gasteiger partial charge in [0.2, 0.25) is 0 Å². The third-order valence-electron chi connectivity index (χ3n) is 6.22. The maximum absolute atomic E-state index is 2.37. The number of hydrogen-bond acceptors (Lipinski definition) is 0. The summed E-state index contributed by atoms with van der Waals surface area (Å²) in [5.41, 5.74) is 6.26. The van der Waals surface area contributed by atoms with Crippen molar-refractivity contribution < 1.29 is 0 Å². The number of fused-ring (bicyclic) bond motifs is 2. The molecule has 5 aromatic rings. The van der Waals surface area contributed by atoms with Gasteiger partial charge in [-0.2, -0.15) is 0 Å². The molecule has 2 nitrogen and oxygen atoms in total. The van der Waals surface area contributed by atoms with E-state index in [0.29, 0.717) is 0 Å². The Balaban J connectivity index is 1.92. The van der Waals surface area contributed by atoms with Crippen molar-refractivity contribution in [3.63, 3.8) is 0 Å². The summed E-state index contributed by atoms with van der Waals surface area (Å²) in [7, 11) is 4.28. The van der Waals surface area contributed by atoms with E-state index in [-0.39, 0.29) is 5.41 Å². The van der Waals surface area contributed by atoms with Crippen molar-refractivity contribution in [2.24, 2.45) is 14.1 Å². The Morgan fingerprint density at radius 2 is 1.00 bits per heavy atom. The Morgan fingerprint density at radius 3 is 1.50 bits per heavy atom. The lowest BCUT2D eigenvalue weighted by Crippen LogP contribution is -2.25. The van der Waals surface area contributed by atoms with Crippen LogP contribution in [0.4, 0.5) is 0 Å². The molecule has 0 saturated carbocycles. The van der Waals surface area contributed by atoms with Crippen LogP contribution in [0.25, 0.3) is 21.8 Å². The smallest absolute Gasteiger partial charge is 0.0480 e. The average molecular weight is 364 g/mol. The van der Waals surface area contributed by atoms with E-state index in [1.807, 2.05) is 0 Å². The lowest BCUT2D eigenvalue weighted by molar-refractivity contribution is 0.696. The highest BCUT2D eigenvalue weighted by Crippen LogP contribution is 2.45. The first-order chi connectivity index (χ1) is 13.6. The minimum atomic E-state index is -0.261. The van der Waals surface area contributed by atoms with Crippen LogP contribution in [0.15, 0.2) is 91.3 Å². The van der Waals surface area contributed by atoms with Crippen LogP contribution >= 0.6 is 0 Å².